The van der Waals surface area contributed by atoms with Gasteiger partial charge in [0.15, 0.2) is 0 Å². The molecule has 1 aromatic heterocycles. The van der Waals surface area contributed by atoms with E-state index in [2.05, 4.69) is 32.9 Å². The number of aryl methyl sites for hydroxylation is 1. The molecule has 0 aliphatic heterocycles. The summed E-state index contributed by atoms with van der Waals surface area (Å²) >= 11 is 2.19. The van der Waals surface area contributed by atoms with E-state index >= 15 is 0 Å². The van der Waals surface area contributed by atoms with E-state index in [4.69, 9.17) is 4.74 Å². The van der Waals surface area contributed by atoms with Crippen LogP contribution in [-0.4, -0.2) is 22.6 Å². The molecule has 1 N–H and O–H groups in total. The standard InChI is InChI=1S/C23H18IN3O3/c1-14-25-19-6-4-3-5-18(19)23(29)27(14)17-11-12-20(21(13-17)30-2)26-22(28)15-7-9-16(24)10-8-15/h3-13H,1-2H3,(H,26,28). The molecular weight excluding hydrogens is 493 g/mol. The number of nitrogens with zero attached hydrogens (tertiary/aromatic N) is 2. The van der Waals surface area contributed by atoms with E-state index in [1.54, 1.807) is 43.3 Å². The van der Waals surface area contributed by atoms with Crippen LogP contribution in [0.3, 0.4) is 0 Å². The summed E-state index contributed by atoms with van der Waals surface area (Å²) in [4.78, 5) is 30.1. The maximum atomic E-state index is 13.0. The Hall–Kier alpha value is -3.20. The maximum absolute atomic E-state index is 13.0. The van der Waals surface area contributed by atoms with E-state index in [0.29, 0.717) is 39.4 Å². The number of amides is 1. The fourth-order valence-corrected chi connectivity index (χ4v) is 3.63. The molecule has 0 aliphatic carbocycles. The summed E-state index contributed by atoms with van der Waals surface area (Å²) in [6, 6.07) is 19.7. The Kier molecular flexibility index (Phi) is 5.54. The minimum Gasteiger partial charge on any atom is -0.494 e. The van der Waals surface area contributed by atoms with Gasteiger partial charge in [-0.3, -0.25) is 14.2 Å². The Morgan fingerprint density at radius 2 is 1.80 bits per heavy atom. The quantitative estimate of drug-likeness (QED) is 0.408. The lowest BCUT2D eigenvalue weighted by Crippen LogP contribution is -2.22. The molecule has 1 heterocycles. The zero-order valence-corrected chi connectivity index (χ0v) is 18.5. The van der Waals surface area contributed by atoms with Crippen molar-refractivity contribution >= 4 is 45.1 Å². The van der Waals surface area contributed by atoms with Gasteiger partial charge in [0.05, 0.1) is 29.4 Å². The number of hydrogen-bond acceptors (Lipinski definition) is 4. The number of carbonyl (C=O) groups excluding carboxylic acids is 1. The molecule has 0 fully saturated rings. The molecule has 150 valence electrons. The molecule has 3 aromatic carbocycles. The molecule has 4 aromatic rings. The number of ether oxygens (including phenoxy) is 1. The van der Waals surface area contributed by atoms with Crippen LogP contribution >= 0.6 is 22.6 Å². The van der Waals surface area contributed by atoms with E-state index in [9.17, 15) is 9.59 Å². The summed E-state index contributed by atoms with van der Waals surface area (Å²) < 4.78 is 8.07. The van der Waals surface area contributed by atoms with Gasteiger partial charge in [0, 0.05) is 15.2 Å². The first kappa shape index (κ1) is 20.1. The molecular formula is C23H18IN3O3. The molecule has 6 nitrogen and oxygen atoms in total. The van der Waals surface area contributed by atoms with Crippen LogP contribution < -0.4 is 15.6 Å². The van der Waals surface area contributed by atoms with Crippen LogP contribution in [0.25, 0.3) is 16.6 Å². The lowest BCUT2D eigenvalue weighted by molar-refractivity contribution is 0.102. The van der Waals surface area contributed by atoms with Crippen LogP contribution in [0.4, 0.5) is 5.69 Å². The number of fused-ring (bicyclic) bond motifs is 1. The van der Waals surface area contributed by atoms with Crippen molar-refractivity contribution in [1.29, 1.82) is 0 Å². The highest BCUT2D eigenvalue weighted by atomic mass is 127. The predicted octanol–water partition coefficient (Wildman–Crippen LogP) is 4.56. The number of nitrogens with one attached hydrogen (secondary N) is 1. The largest absolute Gasteiger partial charge is 0.494 e. The number of halogens is 1. The number of rotatable bonds is 4. The Morgan fingerprint density at radius 1 is 1.07 bits per heavy atom. The van der Waals surface area contributed by atoms with E-state index in [1.807, 2.05) is 30.3 Å². The van der Waals surface area contributed by atoms with Gasteiger partial charge in [0.25, 0.3) is 11.5 Å². The van der Waals surface area contributed by atoms with Gasteiger partial charge >= 0.3 is 0 Å². The summed E-state index contributed by atoms with van der Waals surface area (Å²) in [5.41, 5.74) is 2.18. The van der Waals surface area contributed by atoms with Crippen molar-refractivity contribution in [2.24, 2.45) is 0 Å². The first-order valence-electron chi connectivity index (χ1n) is 9.21. The number of benzene rings is 3. The molecule has 30 heavy (non-hydrogen) atoms. The monoisotopic (exact) mass is 511 g/mol. The molecule has 1 amide bonds. The van der Waals surface area contributed by atoms with Crippen molar-refractivity contribution in [3.63, 3.8) is 0 Å². The highest BCUT2D eigenvalue weighted by molar-refractivity contribution is 14.1. The van der Waals surface area contributed by atoms with Gasteiger partial charge in [-0.25, -0.2) is 4.98 Å². The number of carbonyl (C=O) groups is 1. The van der Waals surface area contributed by atoms with Crippen LogP contribution in [0, 0.1) is 10.5 Å². The van der Waals surface area contributed by atoms with Crippen molar-refractivity contribution < 1.29 is 9.53 Å². The molecule has 7 heteroatoms. The van der Waals surface area contributed by atoms with Crippen molar-refractivity contribution in [2.45, 2.75) is 6.92 Å². The third kappa shape index (κ3) is 3.80. The average Bonchev–Trinajstić information content (AvgIpc) is 2.75. The van der Waals surface area contributed by atoms with Gasteiger partial charge < -0.3 is 10.1 Å². The lowest BCUT2D eigenvalue weighted by Gasteiger charge is -2.15. The van der Waals surface area contributed by atoms with Crippen LogP contribution in [0.1, 0.15) is 16.2 Å². The summed E-state index contributed by atoms with van der Waals surface area (Å²) in [7, 11) is 1.52. The van der Waals surface area contributed by atoms with Gasteiger partial charge in [-0.2, -0.15) is 0 Å². The molecule has 0 radical (unpaired) electrons. The Morgan fingerprint density at radius 3 is 2.53 bits per heavy atom. The molecule has 0 bridgehead atoms. The third-order valence-corrected chi connectivity index (χ3v) is 5.46. The zero-order valence-electron chi connectivity index (χ0n) is 16.3. The maximum Gasteiger partial charge on any atom is 0.265 e. The van der Waals surface area contributed by atoms with Gasteiger partial charge in [-0.05, 0) is 78.0 Å². The zero-order chi connectivity index (χ0) is 21.3. The predicted molar refractivity (Wildman–Crippen MR) is 126 cm³/mol. The summed E-state index contributed by atoms with van der Waals surface area (Å²) in [6.07, 6.45) is 0. The van der Waals surface area contributed by atoms with Gasteiger partial charge in [0.1, 0.15) is 11.6 Å². The highest BCUT2D eigenvalue weighted by Gasteiger charge is 2.14. The van der Waals surface area contributed by atoms with Crippen molar-refractivity contribution in [1.82, 2.24) is 9.55 Å². The van der Waals surface area contributed by atoms with Gasteiger partial charge in [-0.1, -0.05) is 12.1 Å². The minimum absolute atomic E-state index is 0.157. The number of methoxy groups -OCH3 is 1. The van der Waals surface area contributed by atoms with Crippen LogP contribution in [0.5, 0.6) is 5.75 Å². The van der Waals surface area contributed by atoms with Crippen LogP contribution in [0.15, 0.2) is 71.5 Å². The SMILES string of the molecule is COc1cc(-n2c(C)nc3ccccc3c2=O)ccc1NC(=O)c1ccc(I)cc1. The fourth-order valence-electron chi connectivity index (χ4n) is 3.27. The molecule has 0 unspecified atom stereocenters. The van der Waals surface area contributed by atoms with E-state index in [0.717, 1.165) is 3.57 Å². The molecule has 0 atom stereocenters. The fraction of sp³-hybridized carbons (Fsp3) is 0.0870. The second-order valence-electron chi connectivity index (χ2n) is 6.66. The average molecular weight is 511 g/mol. The van der Waals surface area contributed by atoms with Crippen LogP contribution in [-0.2, 0) is 0 Å². The van der Waals surface area contributed by atoms with Crippen molar-refractivity contribution in [3.05, 3.63) is 92.0 Å². The van der Waals surface area contributed by atoms with E-state index < -0.39 is 0 Å². The van der Waals surface area contributed by atoms with Crippen molar-refractivity contribution in [2.75, 3.05) is 12.4 Å². The van der Waals surface area contributed by atoms with E-state index in [1.165, 1.54) is 11.7 Å². The van der Waals surface area contributed by atoms with Crippen molar-refractivity contribution in [3.8, 4) is 11.4 Å². The number of aromatic nitrogens is 2. The van der Waals surface area contributed by atoms with E-state index in [-0.39, 0.29) is 11.5 Å². The Labute approximate surface area is 186 Å². The number of anilines is 1. The molecule has 0 spiro atoms. The second-order valence-corrected chi connectivity index (χ2v) is 7.91. The first-order valence-corrected chi connectivity index (χ1v) is 10.3. The number of para-hydroxylation sites is 1. The summed E-state index contributed by atoms with van der Waals surface area (Å²) in [5, 5.41) is 3.41. The summed E-state index contributed by atoms with van der Waals surface area (Å²) in [6.45, 7) is 1.78. The normalized spacial score (nSPS) is 10.8. The lowest BCUT2D eigenvalue weighted by atomic mass is 10.2. The Balaban J connectivity index is 1.73. The molecule has 0 saturated heterocycles. The summed E-state index contributed by atoms with van der Waals surface area (Å²) in [5.74, 6) is 0.778. The van der Waals surface area contributed by atoms with Gasteiger partial charge in [-0.15, -0.1) is 0 Å². The smallest absolute Gasteiger partial charge is 0.265 e. The topological polar surface area (TPSA) is 73.2 Å². The molecule has 0 aliphatic rings. The van der Waals surface area contributed by atoms with Gasteiger partial charge in [0.2, 0.25) is 0 Å². The third-order valence-electron chi connectivity index (χ3n) is 4.74. The number of hydrogen-bond donors (Lipinski definition) is 1. The van der Waals surface area contributed by atoms with Crippen LogP contribution in [0.2, 0.25) is 0 Å². The molecule has 0 saturated carbocycles. The first-order chi connectivity index (χ1) is 14.5. The highest BCUT2D eigenvalue weighted by Crippen LogP contribution is 2.28. The molecule has 4 rings (SSSR count). The Bertz CT molecular complexity index is 1310. The minimum atomic E-state index is -0.238. The second kappa shape index (κ2) is 8.27.